The average molecular weight is 378 g/mol. The van der Waals surface area contributed by atoms with Crippen molar-refractivity contribution >= 4 is 29.3 Å². The third-order valence-electron chi connectivity index (χ3n) is 4.04. The van der Waals surface area contributed by atoms with Gasteiger partial charge in [-0.25, -0.2) is 4.79 Å². The lowest BCUT2D eigenvalue weighted by Crippen LogP contribution is -2.26. The zero-order valence-corrected chi connectivity index (χ0v) is 15.8. The minimum absolute atomic E-state index is 0.0343. The molecule has 6 nitrogen and oxygen atoms in total. The largest absolute Gasteiger partial charge is 0.465 e. The molecule has 0 radical (unpaired) electrons. The van der Waals surface area contributed by atoms with Gasteiger partial charge in [0.15, 0.2) is 6.10 Å². The van der Waals surface area contributed by atoms with Crippen molar-refractivity contribution in [1.82, 2.24) is 4.98 Å². The molecule has 0 spiro atoms. The molecule has 2 rings (SSSR count). The molecular formula is C19H20ClNO5. The fourth-order valence-corrected chi connectivity index (χ4v) is 2.90. The third-order valence-corrected chi connectivity index (χ3v) is 4.41. The summed E-state index contributed by atoms with van der Waals surface area (Å²) in [5.41, 5.74) is 2.14. The van der Waals surface area contributed by atoms with Gasteiger partial charge in [0.05, 0.1) is 24.8 Å². The maximum Gasteiger partial charge on any atom is 0.339 e. The normalized spacial score (nSPS) is 11.7. The number of hydrogen-bond donors (Lipinski definition) is 1. The van der Waals surface area contributed by atoms with E-state index in [-0.39, 0.29) is 12.1 Å². The predicted octanol–water partition coefficient (Wildman–Crippen LogP) is 3.43. The van der Waals surface area contributed by atoms with Crippen LogP contribution >= 0.6 is 11.6 Å². The van der Waals surface area contributed by atoms with Crippen molar-refractivity contribution < 1.29 is 23.9 Å². The minimum Gasteiger partial charge on any atom is -0.465 e. The van der Waals surface area contributed by atoms with Crippen molar-refractivity contribution in [2.45, 2.75) is 33.3 Å². The number of rotatable bonds is 6. The summed E-state index contributed by atoms with van der Waals surface area (Å²) >= 11 is 6.02. The molecule has 1 aromatic carbocycles. The van der Waals surface area contributed by atoms with Gasteiger partial charge in [-0.1, -0.05) is 29.8 Å². The van der Waals surface area contributed by atoms with Gasteiger partial charge in [-0.2, -0.15) is 0 Å². The van der Waals surface area contributed by atoms with Crippen molar-refractivity contribution in [2.75, 3.05) is 7.11 Å². The molecule has 0 unspecified atom stereocenters. The quantitative estimate of drug-likeness (QED) is 0.615. The Balaban J connectivity index is 2.11. The van der Waals surface area contributed by atoms with E-state index in [4.69, 9.17) is 21.1 Å². The van der Waals surface area contributed by atoms with Crippen molar-refractivity contribution in [3.8, 4) is 0 Å². The number of carbonyl (C=O) groups excluding carboxylic acids is 3. The maximum absolute atomic E-state index is 12.6. The van der Waals surface area contributed by atoms with Crippen LogP contribution in [0.4, 0.5) is 0 Å². The molecule has 0 aliphatic carbocycles. The fourth-order valence-electron chi connectivity index (χ4n) is 2.70. The Morgan fingerprint density at radius 1 is 1.19 bits per heavy atom. The number of ketones is 1. The summed E-state index contributed by atoms with van der Waals surface area (Å²) in [5.74, 6) is -1.51. The number of aryl methyl sites for hydroxylation is 1. The summed E-state index contributed by atoms with van der Waals surface area (Å²) in [4.78, 5) is 39.4. The number of methoxy groups -OCH3 is 1. The van der Waals surface area contributed by atoms with Crippen molar-refractivity contribution in [3.63, 3.8) is 0 Å². The van der Waals surface area contributed by atoms with Crippen molar-refractivity contribution in [2.24, 2.45) is 0 Å². The summed E-state index contributed by atoms with van der Waals surface area (Å²) in [5, 5.41) is 0.460. The SMILES string of the molecule is COC(=O)c1c(C)[nH]c(C(=O)[C@@H](C)OC(=O)Cc2ccccc2Cl)c1C. The molecule has 7 heteroatoms. The Hall–Kier alpha value is -2.60. The Morgan fingerprint density at radius 2 is 1.85 bits per heavy atom. The number of H-pyrrole nitrogens is 1. The standard InChI is InChI=1S/C19H20ClNO5/c1-10-16(19(24)25-4)11(2)21-17(10)18(23)12(3)26-15(22)9-13-7-5-6-8-14(13)20/h5-8,12,21H,9H2,1-4H3/t12-/m1/s1. The number of halogens is 1. The Labute approximate surface area is 156 Å². The second-order valence-electron chi connectivity index (χ2n) is 5.88. The lowest BCUT2D eigenvalue weighted by atomic mass is 10.1. The molecule has 0 aliphatic heterocycles. The molecule has 0 fully saturated rings. The Morgan fingerprint density at radius 3 is 2.46 bits per heavy atom. The second kappa shape index (κ2) is 8.19. The highest BCUT2D eigenvalue weighted by molar-refractivity contribution is 6.31. The number of ether oxygens (including phenoxy) is 2. The van der Waals surface area contributed by atoms with E-state index in [2.05, 4.69) is 4.98 Å². The van der Waals surface area contributed by atoms with Crippen LogP contribution < -0.4 is 0 Å². The van der Waals surface area contributed by atoms with Gasteiger partial charge in [0, 0.05) is 10.7 Å². The summed E-state index contributed by atoms with van der Waals surface area (Å²) in [7, 11) is 1.27. The van der Waals surface area contributed by atoms with Gasteiger partial charge in [-0.15, -0.1) is 0 Å². The van der Waals surface area contributed by atoms with Crippen LogP contribution in [0.1, 0.15) is 44.6 Å². The molecule has 0 saturated carbocycles. The van der Waals surface area contributed by atoms with Crippen LogP contribution in [0.2, 0.25) is 5.02 Å². The topological polar surface area (TPSA) is 85.5 Å². The van der Waals surface area contributed by atoms with Gasteiger partial charge in [0.25, 0.3) is 0 Å². The first kappa shape index (κ1) is 19.7. The van der Waals surface area contributed by atoms with E-state index in [9.17, 15) is 14.4 Å². The number of benzene rings is 1. The van der Waals surface area contributed by atoms with Crippen molar-refractivity contribution in [3.05, 3.63) is 57.4 Å². The van der Waals surface area contributed by atoms with Gasteiger partial charge in [0.1, 0.15) is 0 Å². The summed E-state index contributed by atoms with van der Waals surface area (Å²) in [6.07, 6.45) is -1.04. The van der Waals surface area contributed by atoms with Gasteiger partial charge in [0.2, 0.25) is 5.78 Å². The highest BCUT2D eigenvalue weighted by atomic mass is 35.5. The number of hydrogen-bond acceptors (Lipinski definition) is 5. The minimum atomic E-state index is -1.01. The number of Topliss-reactive ketones (excluding diaryl/α,β-unsaturated/α-hetero) is 1. The molecule has 0 aliphatic rings. The summed E-state index contributed by atoms with van der Waals surface area (Å²) in [6, 6.07) is 6.93. The number of aromatic nitrogens is 1. The van der Waals surface area contributed by atoms with E-state index in [1.54, 1.807) is 38.1 Å². The zero-order chi connectivity index (χ0) is 19.4. The highest BCUT2D eigenvalue weighted by Crippen LogP contribution is 2.21. The number of esters is 2. The van der Waals surface area contributed by atoms with Crippen LogP contribution in [0.5, 0.6) is 0 Å². The first-order valence-corrected chi connectivity index (χ1v) is 8.38. The molecule has 0 amide bonds. The third kappa shape index (κ3) is 4.14. The summed E-state index contributed by atoms with van der Waals surface area (Å²) in [6.45, 7) is 4.80. The fraction of sp³-hybridized carbons (Fsp3) is 0.316. The lowest BCUT2D eigenvalue weighted by Gasteiger charge is -2.12. The molecule has 26 heavy (non-hydrogen) atoms. The van der Waals surface area contributed by atoms with E-state index < -0.39 is 23.8 Å². The second-order valence-corrected chi connectivity index (χ2v) is 6.29. The molecule has 0 saturated heterocycles. The molecular weight excluding hydrogens is 358 g/mol. The van der Waals surface area contributed by atoms with Crippen LogP contribution in [0, 0.1) is 13.8 Å². The van der Waals surface area contributed by atoms with E-state index in [0.717, 1.165) is 0 Å². The number of nitrogens with one attached hydrogen (secondary N) is 1. The Kier molecular flexibility index (Phi) is 6.21. The smallest absolute Gasteiger partial charge is 0.339 e. The van der Waals surface area contributed by atoms with Crippen LogP contribution in [0.15, 0.2) is 24.3 Å². The van der Waals surface area contributed by atoms with Crippen LogP contribution in [0.25, 0.3) is 0 Å². The highest BCUT2D eigenvalue weighted by Gasteiger charge is 2.27. The molecule has 1 atom stereocenters. The molecule has 138 valence electrons. The molecule has 0 bridgehead atoms. The van der Waals surface area contributed by atoms with Gasteiger partial charge in [-0.05, 0) is 38.0 Å². The molecule has 1 N–H and O–H groups in total. The van der Waals surface area contributed by atoms with E-state index in [1.165, 1.54) is 14.0 Å². The monoisotopic (exact) mass is 377 g/mol. The number of carbonyl (C=O) groups is 3. The summed E-state index contributed by atoms with van der Waals surface area (Å²) < 4.78 is 9.96. The van der Waals surface area contributed by atoms with Crippen LogP contribution in [-0.2, 0) is 20.7 Å². The lowest BCUT2D eigenvalue weighted by molar-refractivity contribution is -0.145. The first-order chi connectivity index (χ1) is 12.3. The van der Waals surface area contributed by atoms with Gasteiger partial charge in [-0.3, -0.25) is 9.59 Å². The van der Waals surface area contributed by atoms with E-state index in [0.29, 0.717) is 27.4 Å². The predicted molar refractivity (Wildman–Crippen MR) is 96.6 cm³/mol. The molecule has 1 aromatic heterocycles. The van der Waals surface area contributed by atoms with E-state index in [1.807, 2.05) is 0 Å². The molecule has 1 heterocycles. The molecule has 2 aromatic rings. The average Bonchev–Trinajstić information content (AvgIpc) is 2.90. The van der Waals surface area contributed by atoms with Gasteiger partial charge < -0.3 is 14.5 Å². The van der Waals surface area contributed by atoms with Gasteiger partial charge >= 0.3 is 11.9 Å². The Bertz CT molecular complexity index is 856. The number of aromatic amines is 1. The van der Waals surface area contributed by atoms with Crippen molar-refractivity contribution in [1.29, 1.82) is 0 Å². The van der Waals surface area contributed by atoms with Crippen LogP contribution in [-0.4, -0.2) is 35.9 Å². The van der Waals surface area contributed by atoms with Crippen LogP contribution in [0.3, 0.4) is 0 Å². The maximum atomic E-state index is 12.6. The first-order valence-electron chi connectivity index (χ1n) is 8.00. The zero-order valence-electron chi connectivity index (χ0n) is 15.0. The van der Waals surface area contributed by atoms with E-state index >= 15 is 0 Å².